The van der Waals surface area contributed by atoms with Crippen LogP contribution in [-0.2, 0) is 11.3 Å². The van der Waals surface area contributed by atoms with Gasteiger partial charge in [0.15, 0.2) is 0 Å². The normalized spacial score (nSPS) is 13.3. The Kier molecular flexibility index (Phi) is 5.15. The van der Waals surface area contributed by atoms with E-state index < -0.39 is 24.5 Å². The van der Waals surface area contributed by atoms with Crippen molar-refractivity contribution >= 4 is 21.8 Å². The van der Waals surface area contributed by atoms with Crippen LogP contribution in [0.5, 0.6) is 0 Å². The summed E-state index contributed by atoms with van der Waals surface area (Å²) >= 11 is 3.25. The van der Waals surface area contributed by atoms with Crippen molar-refractivity contribution in [3.63, 3.8) is 0 Å². The van der Waals surface area contributed by atoms with Crippen LogP contribution in [0, 0.1) is 11.3 Å². The number of hydrogen-bond acceptors (Lipinski definition) is 2. The van der Waals surface area contributed by atoms with Gasteiger partial charge in [0.25, 0.3) is 0 Å². The molecule has 1 unspecified atom stereocenters. The van der Waals surface area contributed by atoms with Crippen LogP contribution in [0.1, 0.15) is 5.56 Å². The molecule has 1 atom stereocenters. The van der Waals surface area contributed by atoms with E-state index in [9.17, 15) is 13.2 Å². The Balaban J connectivity index is 2.52. The van der Waals surface area contributed by atoms with Crippen molar-refractivity contribution in [2.24, 2.45) is 11.7 Å². The lowest BCUT2D eigenvalue weighted by Crippen LogP contribution is -2.38. The van der Waals surface area contributed by atoms with Gasteiger partial charge in [-0.25, -0.2) is 0 Å². The molecule has 1 rings (SSSR count). The molecule has 7 heteroatoms. The largest absolute Gasteiger partial charge is 0.400 e. The molecule has 0 aromatic heterocycles. The second-order valence-electron chi connectivity index (χ2n) is 3.69. The molecule has 0 heterocycles. The summed E-state index contributed by atoms with van der Waals surface area (Å²) in [5.74, 6) is -2.98. The van der Waals surface area contributed by atoms with Crippen molar-refractivity contribution in [1.82, 2.24) is 0 Å². The predicted octanol–water partition coefficient (Wildman–Crippen LogP) is 3.08. The first-order valence-electron chi connectivity index (χ1n) is 5.03. The summed E-state index contributed by atoms with van der Waals surface area (Å²) in [6.45, 7) is -0.607. The van der Waals surface area contributed by atoms with Crippen molar-refractivity contribution in [3.05, 3.63) is 34.3 Å². The number of halogens is 4. The van der Waals surface area contributed by atoms with E-state index in [1.54, 1.807) is 24.3 Å². The van der Waals surface area contributed by atoms with E-state index in [0.29, 0.717) is 0 Å². The first kappa shape index (κ1) is 15.0. The number of rotatable bonds is 5. The molecule has 0 spiro atoms. The van der Waals surface area contributed by atoms with Crippen molar-refractivity contribution in [2.45, 2.75) is 12.8 Å². The summed E-state index contributed by atoms with van der Waals surface area (Å²) < 4.78 is 43.1. The van der Waals surface area contributed by atoms with E-state index >= 15 is 0 Å². The minimum Gasteiger partial charge on any atom is -0.387 e. The van der Waals surface area contributed by atoms with Crippen LogP contribution in [0.25, 0.3) is 0 Å². The van der Waals surface area contributed by atoms with Crippen LogP contribution in [0.3, 0.4) is 0 Å². The molecule has 3 N–H and O–H groups in total. The summed E-state index contributed by atoms with van der Waals surface area (Å²) in [6, 6.07) is 7.05. The third kappa shape index (κ3) is 4.66. The molecule has 0 bridgehead atoms. The zero-order valence-corrected chi connectivity index (χ0v) is 10.9. The monoisotopic (exact) mass is 324 g/mol. The van der Waals surface area contributed by atoms with Gasteiger partial charge < -0.3 is 10.5 Å². The van der Waals surface area contributed by atoms with E-state index in [2.05, 4.69) is 15.9 Å². The molecule has 0 saturated carbocycles. The van der Waals surface area contributed by atoms with Crippen molar-refractivity contribution < 1.29 is 17.9 Å². The highest BCUT2D eigenvalue weighted by atomic mass is 79.9. The van der Waals surface area contributed by atoms with Crippen LogP contribution in [0.4, 0.5) is 13.2 Å². The lowest BCUT2D eigenvalue weighted by atomic mass is 10.1. The third-order valence-electron chi connectivity index (χ3n) is 2.21. The molecule has 3 nitrogen and oxygen atoms in total. The topological polar surface area (TPSA) is 59.1 Å². The number of nitrogens with two attached hydrogens (primary N) is 1. The summed E-state index contributed by atoms with van der Waals surface area (Å²) in [6.07, 6.45) is -4.55. The number of benzene rings is 1. The Bertz CT molecular complexity index is 423. The molecule has 0 aliphatic rings. The molecule has 0 aliphatic heterocycles. The Morgan fingerprint density at radius 2 is 2.11 bits per heavy atom. The van der Waals surface area contributed by atoms with Crippen molar-refractivity contribution in [2.75, 3.05) is 6.61 Å². The molecule has 18 heavy (non-hydrogen) atoms. The van der Waals surface area contributed by atoms with Gasteiger partial charge in [-0.15, -0.1) is 0 Å². The molecule has 0 aliphatic carbocycles. The predicted molar refractivity (Wildman–Crippen MR) is 65.3 cm³/mol. The second kappa shape index (κ2) is 6.19. The minimum atomic E-state index is -4.55. The highest BCUT2D eigenvalue weighted by molar-refractivity contribution is 9.10. The molecule has 100 valence electrons. The van der Waals surface area contributed by atoms with Gasteiger partial charge in [0.05, 0.1) is 13.2 Å². The number of nitrogens with one attached hydrogen (secondary N) is 1. The fourth-order valence-electron chi connectivity index (χ4n) is 1.28. The maximum Gasteiger partial charge on any atom is 0.400 e. The second-order valence-corrected chi connectivity index (χ2v) is 4.61. The molecule has 1 aromatic rings. The van der Waals surface area contributed by atoms with Gasteiger partial charge in [-0.05, 0) is 17.7 Å². The lowest BCUT2D eigenvalue weighted by Gasteiger charge is -2.18. The van der Waals surface area contributed by atoms with Crippen LogP contribution >= 0.6 is 15.9 Å². The number of amidine groups is 1. The smallest absolute Gasteiger partial charge is 0.387 e. The first-order chi connectivity index (χ1) is 8.30. The summed E-state index contributed by atoms with van der Waals surface area (Å²) in [4.78, 5) is 0. The number of hydrogen-bond donors (Lipinski definition) is 2. The highest BCUT2D eigenvalue weighted by Crippen LogP contribution is 2.26. The Morgan fingerprint density at radius 3 is 2.61 bits per heavy atom. The van der Waals surface area contributed by atoms with Crippen molar-refractivity contribution in [3.8, 4) is 0 Å². The zero-order chi connectivity index (χ0) is 13.8. The van der Waals surface area contributed by atoms with Gasteiger partial charge in [-0.1, -0.05) is 28.1 Å². The number of alkyl halides is 3. The minimum absolute atomic E-state index is 0.0410. The van der Waals surface area contributed by atoms with Gasteiger partial charge in [-0.3, -0.25) is 5.41 Å². The van der Waals surface area contributed by atoms with E-state index in [4.69, 9.17) is 15.9 Å². The average molecular weight is 325 g/mol. The Morgan fingerprint density at radius 1 is 1.44 bits per heavy atom. The zero-order valence-electron chi connectivity index (χ0n) is 9.30. The molecular formula is C11H12BrF3N2O. The molecule has 0 radical (unpaired) electrons. The van der Waals surface area contributed by atoms with E-state index in [-0.39, 0.29) is 6.61 Å². The van der Waals surface area contributed by atoms with Crippen LogP contribution in [0.2, 0.25) is 0 Å². The van der Waals surface area contributed by atoms with E-state index in [1.807, 2.05) is 0 Å². The third-order valence-corrected chi connectivity index (χ3v) is 2.71. The fourth-order valence-corrected chi connectivity index (χ4v) is 1.73. The molecule has 0 amide bonds. The summed E-state index contributed by atoms with van der Waals surface area (Å²) in [5, 5.41) is 6.89. The quantitative estimate of drug-likeness (QED) is 0.646. The van der Waals surface area contributed by atoms with E-state index in [0.717, 1.165) is 10.0 Å². The maximum atomic E-state index is 12.5. The average Bonchev–Trinajstić information content (AvgIpc) is 2.22. The Hall–Kier alpha value is -1.08. The molecular weight excluding hydrogens is 313 g/mol. The molecule has 0 saturated heterocycles. The SMILES string of the molecule is N=C(N)C(COCc1cccc(Br)c1)C(F)(F)F. The highest BCUT2D eigenvalue weighted by Gasteiger charge is 2.42. The van der Waals surface area contributed by atoms with Crippen LogP contribution in [0.15, 0.2) is 28.7 Å². The standard InChI is InChI=1S/C11H12BrF3N2O/c12-8-3-1-2-7(4-8)5-18-6-9(10(16)17)11(13,14)15/h1-4,9H,5-6H2,(H3,16,17). The fraction of sp³-hybridized carbons (Fsp3) is 0.364. The van der Waals surface area contributed by atoms with Gasteiger partial charge in [-0.2, -0.15) is 13.2 Å². The summed E-state index contributed by atoms with van der Waals surface area (Å²) in [7, 11) is 0. The van der Waals surface area contributed by atoms with E-state index in [1.165, 1.54) is 0 Å². The molecule has 0 fully saturated rings. The maximum absolute atomic E-state index is 12.5. The van der Waals surface area contributed by atoms with Crippen LogP contribution in [-0.4, -0.2) is 18.6 Å². The molecule has 1 aromatic carbocycles. The number of ether oxygens (including phenoxy) is 1. The van der Waals surface area contributed by atoms with Gasteiger partial charge in [0.1, 0.15) is 11.8 Å². The summed E-state index contributed by atoms with van der Waals surface area (Å²) in [5.41, 5.74) is 5.65. The Labute approximate surface area is 111 Å². The van der Waals surface area contributed by atoms with Gasteiger partial charge in [0, 0.05) is 4.47 Å². The van der Waals surface area contributed by atoms with Crippen LogP contribution < -0.4 is 5.73 Å². The first-order valence-corrected chi connectivity index (χ1v) is 5.83. The van der Waals surface area contributed by atoms with Gasteiger partial charge >= 0.3 is 6.18 Å². The van der Waals surface area contributed by atoms with Crippen molar-refractivity contribution in [1.29, 1.82) is 5.41 Å². The van der Waals surface area contributed by atoms with Gasteiger partial charge in [0.2, 0.25) is 0 Å². The lowest BCUT2D eigenvalue weighted by molar-refractivity contribution is -0.169.